The molecule has 0 aliphatic rings. The number of phenolic OH excluding ortho intramolecular Hbond substituents is 1. The summed E-state index contributed by atoms with van der Waals surface area (Å²) in [7, 11) is 1.94. The van der Waals surface area contributed by atoms with Crippen molar-refractivity contribution >= 4 is 11.0 Å². The molecule has 0 saturated heterocycles. The number of hydrogen-bond acceptors (Lipinski definition) is 4. The maximum Gasteiger partial charge on any atom is 0.144 e. The molecule has 1 N–H and O–H groups in total. The molecule has 3 aromatic heterocycles. The van der Waals surface area contributed by atoms with Crippen molar-refractivity contribution < 1.29 is 5.11 Å². The van der Waals surface area contributed by atoms with Crippen LogP contribution in [-0.4, -0.2) is 24.6 Å². The number of para-hydroxylation sites is 1. The Morgan fingerprint density at radius 3 is 2.48 bits per heavy atom. The minimum Gasteiger partial charge on any atom is -0.507 e. The molecule has 0 aliphatic carbocycles. The Bertz CT molecular complexity index is 1330. The highest BCUT2D eigenvalue weighted by molar-refractivity contribution is 5.94. The van der Waals surface area contributed by atoms with E-state index in [1.807, 2.05) is 60.3 Å². The predicted molar refractivity (Wildman–Crippen MR) is 114 cm³/mol. The molecule has 0 atom stereocenters. The Kier molecular flexibility index (Phi) is 4.06. The van der Waals surface area contributed by atoms with Crippen LogP contribution in [0.2, 0.25) is 0 Å². The quantitative estimate of drug-likeness (QED) is 0.476. The number of nitrogens with zero attached hydrogens (tertiary/aromatic N) is 4. The number of fused-ring (bicyclic) bond motifs is 1. The number of aromatic hydroxyl groups is 1. The molecule has 29 heavy (non-hydrogen) atoms. The van der Waals surface area contributed by atoms with E-state index in [9.17, 15) is 5.11 Å². The summed E-state index contributed by atoms with van der Waals surface area (Å²) in [6.07, 6.45) is 5.43. The Balaban J connectivity index is 1.69. The third-order valence-corrected chi connectivity index (χ3v) is 5.07. The smallest absolute Gasteiger partial charge is 0.144 e. The fourth-order valence-corrected chi connectivity index (χ4v) is 3.60. The van der Waals surface area contributed by atoms with Crippen LogP contribution in [0, 0.1) is 0 Å². The molecule has 5 aromatic rings. The van der Waals surface area contributed by atoms with Gasteiger partial charge in [-0.2, -0.15) is 0 Å². The molecular formula is C24H18N4O. The van der Waals surface area contributed by atoms with Crippen molar-refractivity contribution in [3.63, 3.8) is 0 Å². The second-order valence-electron chi connectivity index (χ2n) is 6.86. The van der Waals surface area contributed by atoms with E-state index in [-0.39, 0.29) is 5.75 Å². The fraction of sp³-hybridized carbons (Fsp3) is 0.0417. The van der Waals surface area contributed by atoms with E-state index in [0.29, 0.717) is 11.4 Å². The van der Waals surface area contributed by atoms with Crippen LogP contribution in [0.5, 0.6) is 5.75 Å². The van der Waals surface area contributed by atoms with Crippen molar-refractivity contribution in [2.45, 2.75) is 0 Å². The molecule has 0 radical (unpaired) electrons. The van der Waals surface area contributed by atoms with Crippen molar-refractivity contribution in [2.24, 2.45) is 7.05 Å². The Hall–Kier alpha value is -3.99. The monoisotopic (exact) mass is 378 g/mol. The molecular weight excluding hydrogens is 360 g/mol. The van der Waals surface area contributed by atoms with Gasteiger partial charge >= 0.3 is 0 Å². The van der Waals surface area contributed by atoms with Gasteiger partial charge in [0.25, 0.3) is 0 Å². The van der Waals surface area contributed by atoms with Gasteiger partial charge in [0.05, 0.1) is 23.0 Å². The predicted octanol–water partition coefficient (Wildman–Crippen LogP) is 5.07. The third kappa shape index (κ3) is 2.93. The first-order valence-electron chi connectivity index (χ1n) is 9.33. The maximum atomic E-state index is 10.3. The molecule has 0 aliphatic heterocycles. The largest absolute Gasteiger partial charge is 0.507 e. The lowest BCUT2D eigenvalue weighted by molar-refractivity contribution is 0.476. The van der Waals surface area contributed by atoms with E-state index in [2.05, 4.69) is 22.1 Å². The average molecular weight is 378 g/mol. The Morgan fingerprint density at radius 2 is 1.66 bits per heavy atom. The third-order valence-electron chi connectivity index (χ3n) is 5.07. The minimum absolute atomic E-state index is 0.206. The number of benzene rings is 2. The summed E-state index contributed by atoms with van der Waals surface area (Å²) in [6, 6.07) is 21.3. The van der Waals surface area contributed by atoms with E-state index in [4.69, 9.17) is 4.98 Å². The fourth-order valence-electron chi connectivity index (χ4n) is 3.60. The summed E-state index contributed by atoms with van der Waals surface area (Å²) >= 11 is 0. The number of rotatable bonds is 3. The van der Waals surface area contributed by atoms with Crippen LogP contribution < -0.4 is 0 Å². The first-order chi connectivity index (χ1) is 14.2. The summed E-state index contributed by atoms with van der Waals surface area (Å²) < 4.78 is 1.96. The summed E-state index contributed by atoms with van der Waals surface area (Å²) in [4.78, 5) is 13.8. The lowest BCUT2D eigenvalue weighted by Crippen LogP contribution is -1.93. The normalized spacial score (nSPS) is 11.1. The van der Waals surface area contributed by atoms with E-state index in [1.165, 1.54) is 0 Å². The molecule has 5 nitrogen and oxygen atoms in total. The van der Waals surface area contributed by atoms with E-state index in [1.54, 1.807) is 24.5 Å². The van der Waals surface area contributed by atoms with Crippen LogP contribution in [0.25, 0.3) is 44.8 Å². The van der Waals surface area contributed by atoms with Crippen molar-refractivity contribution in [1.82, 2.24) is 19.5 Å². The molecule has 0 fully saturated rings. The van der Waals surface area contributed by atoms with Crippen molar-refractivity contribution in [3.05, 3.63) is 85.3 Å². The Labute approximate surface area is 168 Å². The molecule has 5 rings (SSSR count). The van der Waals surface area contributed by atoms with Crippen LogP contribution in [0.3, 0.4) is 0 Å². The molecule has 0 unspecified atom stereocenters. The lowest BCUT2D eigenvalue weighted by Gasteiger charge is -2.06. The zero-order valence-corrected chi connectivity index (χ0v) is 15.8. The van der Waals surface area contributed by atoms with Crippen LogP contribution in [0.4, 0.5) is 0 Å². The number of aryl methyl sites for hydroxylation is 1. The topological polar surface area (TPSA) is 63.8 Å². The van der Waals surface area contributed by atoms with Gasteiger partial charge in [0.15, 0.2) is 0 Å². The first kappa shape index (κ1) is 17.1. The van der Waals surface area contributed by atoms with Gasteiger partial charge in [-0.1, -0.05) is 36.4 Å². The van der Waals surface area contributed by atoms with Crippen molar-refractivity contribution in [1.29, 1.82) is 0 Å². The SMILES string of the molecule is Cn1c(-c2ccccc2O)nc2c(-c3cccc(-c4ccccn4)c3)cncc21. The van der Waals surface area contributed by atoms with Gasteiger partial charge in [-0.25, -0.2) is 4.98 Å². The van der Waals surface area contributed by atoms with Crippen LogP contribution in [-0.2, 0) is 7.05 Å². The summed E-state index contributed by atoms with van der Waals surface area (Å²) in [5, 5.41) is 10.3. The van der Waals surface area contributed by atoms with Gasteiger partial charge in [-0.15, -0.1) is 0 Å². The summed E-state index contributed by atoms with van der Waals surface area (Å²) in [6.45, 7) is 0. The maximum absolute atomic E-state index is 10.3. The minimum atomic E-state index is 0.206. The molecule has 140 valence electrons. The van der Waals surface area contributed by atoms with E-state index >= 15 is 0 Å². The number of pyridine rings is 2. The van der Waals surface area contributed by atoms with Gasteiger partial charge in [-0.05, 0) is 35.9 Å². The number of hydrogen-bond donors (Lipinski definition) is 1. The number of phenols is 1. The molecule has 0 spiro atoms. The van der Waals surface area contributed by atoms with Gasteiger partial charge < -0.3 is 9.67 Å². The number of aromatic nitrogens is 4. The standard InChI is InChI=1S/C24H18N4O/c1-28-21-15-25-14-19(23(21)27-24(28)18-9-2-3-11-22(18)29)16-7-6-8-17(13-16)20-10-4-5-12-26-20/h2-15,29H,1H3. The molecule has 0 amide bonds. The lowest BCUT2D eigenvalue weighted by atomic mass is 10.0. The second kappa shape index (κ2) is 6.87. The molecule has 2 aromatic carbocycles. The van der Waals surface area contributed by atoms with Crippen molar-refractivity contribution in [3.8, 4) is 39.5 Å². The average Bonchev–Trinajstić information content (AvgIpc) is 3.11. The highest BCUT2D eigenvalue weighted by atomic mass is 16.3. The summed E-state index contributed by atoms with van der Waals surface area (Å²) in [5.41, 5.74) is 6.37. The second-order valence-corrected chi connectivity index (χ2v) is 6.86. The zero-order chi connectivity index (χ0) is 19.8. The molecule has 3 heterocycles. The van der Waals surface area contributed by atoms with Gasteiger partial charge in [0.2, 0.25) is 0 Å². The zero-order valence-electron chi connectivity index (χ0n) is 15.8. The first-order valence-corrected chi connectivity index (χ1v) is 9.33. The molecule has 0 saturated carbocycles. The van der Waals surface area contributed by atoms with Gasteiger partial charge in [0, 0.05) is 30.6 Å². The summed E-state index contributed by atoms with van der Waals surface area (Å²) in [5.74, 6) is 0.908. The Morgan fingerprint density at radius 1 is 0.828 bits per heavy atom. The number of imidazole rings is 1. The molecule has 5 heteroatoms. The highest BCUT2D eigenvalue weighted by Gasteiger charge is 2.16. The van der Waals surface area contributed by atoms with Crippen LogP contribution >= 0.6 is 0 Å². The van der Waals surface area contributed by atoms with Gasteiger partial charge in [0.1, 0.15) is 17.1 Å². The van der Waals surface area contributed by atoms with Crippen LogP contribution in [0.15, 0.2) is 85.3 Å². The van der Waals surface area contributed by atoms with E-state index < -0.39 is 0 Å². The van der Waals surface area contributed by atoms with Gasteiger partial charge in [-0.3, -0.25) is 9.97 Å². The highest BCUT2D eigenvalue weighted by Crippen LogP contribution is 2.34. The van der Waals surface area contributed by atoms with Crippen molar-refractivity contribution in [2.75, 3.05) is 0 Å². The van der Waals surface area contributed by atoms with E-state index in [0.717, 1.165) is 33.4 Å². The molecule has 0 bridgehead atoms. The van der Waals surface area contributed by atoms with Crippen LogP contribution in [0.1, 0.15) is 0 Å².